The summed E-state index contributed by atoms with van der Waals surface area (Å²) in [6.07, 6.45) is 8.36. The zero-order valence-corrected chi connectivity index (χ0v) is 14.6. The molecule has 21 heavy (non-hydrogen) atoms. The summed E-state index contributed by atoms with van der Waals surface area (Å²) in [5, 5.41) is 3.62. The maximum atomic E-state index is 12.9. The molecule has 1 amide bonds. The largest absolute Gasteiger partial charge is 0.323 e. The van der Waals surface area contributed by atoms with Gasteiger partial charge in [0, 0.05) is 6.04 Å². The van der Waals surface area contributed by atoms with Crippen LogP contribution in [0.4, 0.5) is 0 Å². The summed E-state index contributed by atoms with van der Waals surface area (Å²) >= 11 is 0. The van der Waals surface area contributed by atoms with Gasteiger partial charge in [-0.05, 0) is 43.4 Å². The first-order chi connectivity index (χ1) is 9.85. The molecule has 0 aromatic heterocycles. The number of nitrogens with one attached hydrogen (secondary N) is 1. The Hall–Kier alpha value is -0.570. The van der Waals surface area contributed by atoms with Gasteiger partial charge in [0.05, 0.1) is 12.2 Å². The zero-order valence-electron chi connectivity index (χ0n) is 14.6. The highest BCUT2D eigenvalue weighted by molar-refractivity contribution is 5.84. The minimum atomic E-state index is 0.0623. The predicted octanol–water partition coefficient (Wildman–Crippen LogP) is 3.93. The summed E-state index contributed by atoms with van der Waals surface area (Å²) in [4.78, 5) is 15.1. The molecule has 1 aliphatic carbocycles. The van der Waals surface area contributed by atoms with Crippen LogP contribution in [-0.4, -0.2) is 29.1 Å². The van der Waals surface area contributed by atoms with Gasteiger partial charge in [0.15, 0.2) is 0 Å². The number of unbranched alkanes of at least 4 members (excludes halogenated alkanes) is 1. The second-order valence-electron chi connectivity index (χ2n) is 8.19. The third-order valence-electron chi connectivity index (χ3n) is 5.40. The van der Waals surface area contributed by atoms with E-state index >= 15 is 0 Å². The molecule has 1 heterocycles. The fourth-order valence-electron chi connectivity index (χ4n) is 3.87. The Kier molecular flexibility index (Phi) is 5.34. The van der Waals surface area contributed by atoms with Crippen LogP contribution in [0, 0.1) is 11.3 Å². The second kappa shape index (κ2) is 6.68. The molecule has 2 aliphatic rings. The minimum Gasteiger partial charge on any atom is -0.323 e. The predicted molar refractivity (Wildman–Crippen MR) is 88.0 cm³/mol. The van der Waals surface area contributed by atoms with Gasteiger partial charge in [0.25, 0.3) is 0 Å². The maximum absolute atomic E-state index is 12.9. The van der Waals surface area contributed by atoms with Crippen molar-refractivity contribution in [2.45, 2.75) is 97.8 Å². The van der Waals surface area contributed by atoms with Gasteiger partial charge in [-0.2, -0.15) is 0 Å². The molecule has 1 aliphatic heterocycles. The normalized spacial score (nSPS) is 30.4. The average molecular weight is 294 g/mol. The summed E-state index contributed by atoms with van der Waals surface area (Å²) in [5.74, 6) is 0.849. The Morgan fingerprint density at radius 1 is 1.29 bits per heavy atom. The van der Waals surface area contributed by atoms with Crippen LogP contribution in [0.15, 0.2) is 0 Å². The molecular weight excluding hydrogens is 260 g/mol. The van der Waals surface area contributed by atoms with E-state index in [1.807, 2.05) is 0 Å². The van der Waals surface area contributed by atoms with E-state index in [9.17, 15) is 4.79 Å². The molecule has 3 heteroatoms. The molecule has 0 aromatic carbocycles. The van der Waals surface area contributed by atoms with Crippen LogP contribution >= 0.6 is 0 Å². The van der Waals surface area contributed by atoms with Gasteiger partial charge in [0.2, 0.25) is 5.91 Å². The highest BCUT2D eigenvalue weighted by Crippen LogP contribution is 2.39. The van der Waals surface area contributed by atoms with Crippen molar-refractivity contribution in [3.8, 4) is 0 Å². The van der Waals surface area contributed by atoms with Crippen LogP contribution in [0.25, 0.3) is 0 Å². The highest BCUT2D eigenvalue weighted by atomic mass is 16.2. The van der Waals surface area contributed by atoms with Gasteiger partial charge in [-0.3, -0.25) is 10.1 Å². The molecule has 0 radical (unpaired) electrons. The lowest BCUT2D eigenvalue weighted by molar-refractivity contribution is -0.134. The van der Waals surface area contributed by atoms with Crippen molar-refractivity contribution in [3.05, 3.63) is 0 Å². The maximum Gasteiger partial charge on any atom is 0.241 e. The van der Waals surface area contributed by atoms with Crippen molar-refractivity contribution in [2.24, 2.45) is 11.3 Å². The number of carbonyl (C=O) groups excluding carboxylic acids is 1. The SMILES string of the molecule is CCCCC1NC(C(C)C)N(C2CCC(C)(C)CC2)C1=O. The third-order valence-corrected chi connectivity index (χ3v) is 5.40. The molecule has 122 valence electrons. The van der Waals surface area contributed by atoms with Gasteiger partial charge < -0.3 is 4.90 Å². The molecule has 1 saturated heterocycles. The van der Waals surface area contributed by atoms with Crippen LogP contribution < -0.4 is 5.32 Å². The lowest BCUT2D eigenvalue weighted by Gasteiger charge is -2.41. The molecule has 1 N–H and O–H groups in total. The van der Waals surface area contributed by atoms with Gasteiger partial charge >= 0.3 is 0 Å². The standard InChI is InChI=1S/C18H34N2O/c1-6-7-8-15-17(21)20(16(19-15)13(2)3)14-9-11-18(4,5)12-10-14/h13-16,19H,6-12H2,1-5H3. The lowest BCUT2D eigenvalue weighted by Crippen LogP contribution is -2.49. The van der Waals surface area contributed by atoms with Gasteiger partial charge in [-0.25, -0.2) is 0 Å². The molecule has 0 spiro atoms. The first-order valence-corrected chi connectivity index (χ1v) is 8.94. The topological polar surface area (TPSA) is 32.3 Å². The molecule has 1 saturated carbocycles. The Morgan fingerprint density at radius 2 is 1.90 bits per heavy atom. The summed E-state index contributed by atoms with van der Waals surface area (Å²) in [5.41, 5.74) is 0.460. The van der Waals surface area contributed by atoms with Crippen molar-refractivity contribution in [2.75, 3.05) is 0 Å². The Balaban J connectivity index is 2.06. The Labute approximate surface area is 130 Å². The van der Waals surface area contributed by atoms with Gasteiger partial charge in [-0.1, -0.05) is 47.5 Å². The fraction of sp³-hybridized carbons (Fsp3) is 0.944. The second-order valence-corrected chi connectivity index (χ2v) is 8.19. The average Bonchev–Trinajstić information content (AvgIpc) is 2.74. The molecule has 2 fully saturated rings. The van der Waals surface area contributed by atoms with Crippen LogP contribution in [0.3, 0.4) is 0 Å². The number of rotatable bonds is 5. The molecule has 0 bridgehead atoms. The van der Waals surface area contributed by atoms with E-state index in [2.05, 4.69) is 44.8 Å². The molecule has 2 unspecified atom stereocenters. The smallest absolute Gasteiger partial charge is 0.241 e. The summed E-state index contributed by atoms with van der Waals surface area (Å²) < 4.78 is 0. The highest BCUT2D eigenvalue weighted by Gasteiger charge is 2.44. The molecule has 2 rings (SSSR count). The van der Waals surface area contributed by atoms with Crippen molar-refractivity contribution >= 4 is 5.91 Å². The lowest BCUT2D eigenvalue weighted by atomic mass is 9.75. The zero-order chi connectivity index (χ0) is 15.6. The van der Waals surface area contributed by atoms with Crippen LogP contribution in [0.1, 0.15) is 79.6 Å². The number of nitrogens with zero attached hydrogens (tertiary/aromatic N) is 1. The third kappa shape index (κ3) is 3.80. The first-order valence-electron chi connectivity index (χ1n) is 8.94. The summed E-state index contributed by atoms with van der Waals surface area (Å²) in [7, 11) is 0. The summed E-state index contributed by atoms with van der Waals surface area (Å²) in [6, 6.07) is 0.518. The molecule has 2 atom stereocenters. The van der Waals surface area contributed by atoms with E-state index < -0.39 is 0 Å². The number of hydrogen-bond donors (Lipinski definition) is 1. The van der Waals surface area contributed by atoms with Crippen LogP contribution in [0.5, 0.6) is 0 Å². The molecule has 3 nitrogen and oxygen atoms in total. The van der Waals surface area contributed by atoms with E-state index in [1.165, 1.54) is 25.7 Å². The Bertz CT molecular complexity index is 354. The van der Waals surface area contributed by atoms with Crippen LogP contribution in [0.2, 0.25) is 0 Å². The van der Waals surface area contributed by atoms with Crippen molar-refractivity contribution in [1.82, 2.24) is 10.2 Å². The molecule has 0 aromatic rings. The van der Waals surface area contributed by atoms with Crippen molar-refractivity contribution in [3.63, 3.8) is 0 Å². The quantitative estimate of drug-likeness (QED) is 0.833. The van der Waals surface area contributed by atoms with E-state index in [0.717, 1.165) is 19.3 Å². The van der Waals surface area contributed by atoms with Crippen LogP contribution in [-0.2, 0) is 4.79 Å². The van der Waals surface area contributed by atoms with E-state index in [1.54, 1.807) is 0 Å². The van der Waals surface area contributed by atoms with E-state index in [4.69, 9.17) is 0 Å². The van der Waals surface area contributed by atoms with Crippen molar-refractivity contribution in [1.29, 1.82) is 0 Å². The van der Waals surface area contributed by atoms with E-state index in [0.29, 0.717) is 23.3 Å². The minimum absolute atomic E-state index is 0.0623. The van der Waals surface area contributed by atoms with Gasteiger partial charge in [-0.15, -0.1) is 0 Å². The summed E-state index contributed by atoms with van der Waals surface area (Å²) in [6.45, 7) is 11.4. The monoisotopic (exact) mass is 294 g/mol. The number of carbonyl (C=O) groups is 1. The first kappa shape index (κ1) is 16.8. The van der Waals surface area contributed by atoms with E-state index in [-0.39, 0.29) is 12.2 Å². The number of amides is 1. The molecular formula is C18H34N2O. The van der Waals surface area contributed by atoms with Gasteiger partial charge in [0.1, 0.15) is 0 Å². The van der Waals surface area contributed by atoms with Crippen molar-refractivity contribution < 1.29 is 4.79 Å². The Morgan fingerprint density at radius 3 is 2.43 bits per heavy atom. The number of hydrogen-bond acceptors (Lipinski definition) is 2. The fourth-order valence-corrected chi connectivity index (χ4v) is 3.87.